The molecule has 0 aliphatic carbocycles. The van der Waals surface area contributed by atoms with Gasteiger partial charge in [0.05, 0.1) is 0 Å². The summed E-state index contributed by atoms with van der Waals surface area (Å²) in [4.78, 5) is 23.3. The molecule has 0 N–H and O–H groups in total. The van der Waals surface area contributed by atoms with Gasteiger partial charge in [0.15, 0.2) is 0 Å². The van der Waals surface area contributed by atoms with Crippen LogP contribution in [0.25, 0.3) is 0 Å². The Morgan fingerprint density at radius 1 is 1.33 bits per heavy atom. The SMILES string of the molecule is C=CCC([Se]CC)(C(=O)OC)C(=O)OC. The number of hydrogen-bond donors (Lipinski definition) is 0. The van der Waals surface area contributed by atoms with Crippen LogP contribution in [0.1, 0.15) is 13.3 Å². The van der Waals surface area contributed by atoms with E-state index in [0.29, 0.717) is 0 Å². The van der Waals surface area contributed by atoms with E-state index in [1.54, 1.807) is 6.08 Å². The van der Waals surface area contributed by atoms with Gasteiger partial charge in [-0.1, -0.05) is 0 Å². The molecule has 0 aromatic carbocycles. The molecule has 0 aliphatic heterocycles. The van der Waals surface area contributed by atoms with E-state index in [-0.39, 0.29) is 21.4 Å². The molecule has 0 saturated heterocycles. The molecule has 0 unspecified atom stereocenters. The number of rotatable bonds is 6. The minimum atomic E-state index is -1.16. The van der Waals surface area contributed by atoms with Crippen LogP contribution in [0.2, 0.25) is 9.63 Å². The summed E-state index contributed by atoms with van der Waals surface area (Å²) < 4.78 is 8.18. The third-order valence-electron chi connectivity index (χ3n) is 1.85. The Morgan fingerprint density at radius 2 is 1.80 bits per heavy atom. The van der Waals surface area contributed by atoms with Gasteiger partial charge in [-0.2, -0.15) is 0 Å². The Kier molecular flexibility index (Phi) is 6.29. The summed E-state index contributed by atoms with van der Waals surface area (Å²) in [6.45, 7) is 5.48. The maximum atomic E-state index is 11.7. The molecule has 15 heavy (non-hydrogen) atoms. The van der Waals surface area contributed by atoms with Crippen LogP contribution in [-0.4, -0.2) is 41.1 Å². The second-order valence-corrected chi connectivity index (χ2v) is 6.02. The van der Waals surface area contributed by atoms with Crippen LogP contribution in [0.5, 0.6) is 0 Å². The third-order valence-corrected chi connectivity index (χ3v) is 4.54. The van der Waals surface area contributed by atoms with Crippen molar-refractivity contribution in [2.45, 2.75) is 23.0 Å². The number of allylic oxidation sites excluding steroid dienone is 1. The van der Waals surface area contributed by atoms with Gasteiger partial charge in [-0.15, -0.1) is 0 Å². The van der Waals surface area contributed by atoms with E-state index in [2.05, 4.69) is 16.1 Å². The van der Waals surface area contributed by atoms with E-state index in [4.69, 9.17) is 0 Å². The minimum absolute atomic E-state index is 0.193. The Bertz CT molecular complexity index is 234. The molecule has 0 bridgehead atoms. The van der Waals surface area contributed by atoms with Gasteiger partial charge in [0, 0.05) is 0 Å². The number of carbonyl (C=O) groups is 2. The topological polar surface area (TPSA) is 52.6 Å². The van der Waals surface area contributed by atoms with Gasteiger partial charge in [0.1, 0.15) is 0 Å². The van der Waals surface area contributed by atoms with Crippen molar-refractivity contribution in [3.63, 3.8) is 0 Å². The molecule has 0 aromatic rings. The monoisotopic (exact) mass is 280 g/mol. The summed E-state index contributed by atoms with van der Waals surface area (Å²) in [5, 5.41) is 0.755. The second-order valence-electron chi connectivity index (χ2n) is 2.74. The summed E-state index contributed by atoms with van der Waals surface area (Å²) in [6.07, 6.45) is 1.81. The molecule has 0 radical (unpaired) electrons. The van der Waals surface area contributed by atoms with Crippen molar-refractivity contribution in [2.75, 3.05) is 14.2 Å². The number of hydrogen-bond acceptors (Lipinski definition) is 4. The van der Waals surface area contributed by atoms with Crippen molar-refractivity contribution in [2.24, 2.45) is 0 Å². The molecular weight excluding hydrogens is 263 g/mol. The van der Waals surface area contributed by atoms with Gasteiger partial charge in [0.2, 0.25) is 0 Å². The maximum absolute atomic E-state index is 11.7. The standard InChI is InChI=1S/C10H16O4Se/c1-5-7-10(15-6-2,8(11)13-3)9(12)14-4/h5H,1,6-7H2,2-4H3. The van der Waals surface area contributed by atoms with E-state index >= 15 is 0 Å². The van der Waals surface area contributed by atoms with Gasteiger partial charge in [-0.25, -0.2) is 0 Å². The van der Waals surface area contributed by atoms with Crippen molar-refractivity contribution < 1.29 is 19.1 Å². The van der Waals surface area contributed by atoms with Gasteiger partial charge in [0.25, 0.3) is 0 Å². The first-order valence-electron chi connectivity index (χ1n) is 4.50. The Labute approximate surface area is 96.2 Å². The third kappa shape index (κ3) is 3.08. The van der Waals surface area contributed by atoms with Crippen LogP contribution in [0, 0.1) is 0 Å². The fourth-order valence-electron chi connectivity index (χ4n) is 1.21. The molecule has 0 aromatic heterocycles. The molecule has 0 aliphatic rings. The molecule has 0 saturated carbocycles. The van der Waals surface area contributed by atoms with Gasteiger partial charge in [-0.05, 0) is 0 Å². The van der Waals surface area contributed by atoms with Crippen molar-refractivity contribution in [3.05, 3.63) is 12.7 Å². The molecule has 0 amide bonds. The quantitative estimate of drug-likeness (QED) is 0.317. The summed E-state index contributed by atoms with van der Waals surface area (Å²) in [7, 11) is 2.55. The summed E-state index contributed by atoms with van der Waals surface area (Å²) in [5.41, 5.74) is 0. The molecule has 0 fully saturated rings. The molecular formula is C10H16O4Se. The van der Waals surface area contributed by atoms with Crippen molar-refractivity contribution in [1.82, 2.24) is 0 Å². The van der Waals surface area contributed by atoms with Crippen LogP contribution < -0.4 is 0 Å². The van der Waals surface area contributed by atoms with Crippen molar-refractivity contribution in [3.8, 4) is 0 Å². The van der Waals surface area contributed by atoms with Crippen LogP contribution in [-0.2, 0) is 19.1 Å². The van der Waals surface area contributed by atoms with Crippen LogP contribution >= 0.6 is 0 Å². The molecule has 5 heteroatoms. The Hall–Kier alpha value is -0.801. The fraction of sp³-hybridized carbons (Fsp3) is 0.600. The normalized spacial score (nSPS) is 10.6. The molecule has 0 atom stereocenters. The molecule has 0 heterocycles. The van der Waals surface area contributed by atoms with E-state index in [0.717, 1.165) is 5.32 Å². The molecule has 0 rings (SSSR count). The number of ether oxygens (including phenoxy) is 2. The summed E-state index contributed by atoms with van der Waals surface area (Å²) in [6, 6.07) is 0. The first kappa shape index (κ1) is 14.2. The summed E-state index contributed by atoms with van der Waals surface area (Å²) >= 11 is -0.193. The van der Waals surface area contributed by atoms with Crippen molar-refractivity contribution in [1.29, 1.82) is 0 Å². The van der Waals surface area contributed by atoms with E-state index < -0.39 is 16.3 Å². The Morgan fingerprint density at radius 3 is 2.07 bits per heavy atom. The summed E-state index contributed by atoms with van der Waals surface area (Å²) in [5.74, 6) is -1.06. The molecule has 4 nitrogen and oxygen atoms in total. The van der Waals surface area contributed by atoms with Gasteiger partial charge < -0.3 is 0 Å². The van der Waals surface area contributed by atoms with Crippen LogP contribution in [0.4, 0.5) is 0 Å². The average Bonchev–Trinajstić information content (AvgIpc) is 2.26. The number of carbonyl (C=O) groups excluding carboxylic acids is 2. The van der Waals surface area contributed by atoms with E-state index in [1.165, 1.54) is 14.2 Å². The Balaban J connectivity index is 5.13. The predicted octanol–water partition coefficient (Wildman–Crippen LogP) is 1.21. The molecule has 86 valence electrons. The number of esters is 2. The van der Waals surface area contributed by atoms with Gasteiger partial charge in [-0.3, -0.25) is 0 Å². The zero-order valence-electron chi connectivity index (χ0n) is 9.24. The van der Waals surface area contributed by atoms with Gasteiger partial charge >= 0.3 is 95.8 Å². The van der Waals surface area contributed by atoms with Crippen LogP contribution in [0.3, 0.4) is 0 Å². The molecule has 0 spiro atoms. The van der Waals surface area contributed by atoms with Crippen LogP contribution in [0.15, 0.2) is 12.7 Å². The van der Waals surface area contributed by atoms with Crippen molar-refractivity contribution >= 4 is 26.9 Å². The zero-order valence-corrected chi connectivity index (χ0v) is 11.0. The fourth-order valence-corrected chi connectivity index (χ4v) is 3.58. The zero-order chi connectivity index (χ0) is 11.9. The first-order valence-corrected chi connectivity index (χ1v) is 6.57. The second kappa shape index (κ2) is 6.64. The first-order chi connectivity index (χ1) is 7.08. The predicted molar refractivity (Wildman–Crippen MR) is 57.8 cm³/mol. The number of methoxy groups -OCH3 is 2. The average molecular weight is 279 g/mol. The van der Waals surface area contributed by atoms with E-state index in [1.807, 2.05) is 6.92 Å². The van der Waals surface area contributed by atoms with E-state index in [9.17, 15) is 9.59 Å².